The first-order chi connectivity index (χ1) is 11.9. The summed E-state index contributed by atoms with van der Waals surface area (Å²) in [7, 11) is 0. The Morgan fingerprint density at radius 2 is 2.04 bits per heavy atom. The van der Waals surface area contributed by atoms with Crippen LogP contribution in [0.15, 0.2) is 6.20 Å². The molecule has 0 saturated carbocycles. The van der Waals surface area contributed by atoms with Gasteiger partial charge in [0.2, 0.25) is 5.95 Å². The smallest absolute Gasteiger partial charge is 0.410 e. The highest BCUT2D eigenvalue weighted by molar-refractivity contribution is 5.68. The lowest BCUT2D eigenvalue weighted by molar-refractivity contribution is 0.0240. The summed E-state index contributed by atoms with van der Waals surface area (Å²) in [4.78, 5) is 25.5. The van der Waals surface area contributed by atoms with Crippen LogP contribution in [0.2, 0.25) is 0 Å². The molecule has 0 radical (unpaired) electrons. The summed E-state index contributed by atoms with van der Waals surface area (Å²) in [6.45, 7) is 12.4. The monoisotopic (exact) mass is 347 g/mol. The highest BCUT2D eigenvalue weighted by Gasteiger charge is 2.28. The summed E-state index contributed by atoms with van der Waals surface area (Å²) in [6, 6.07) is 0. The lowest BCUT2D eigenvalue weighted by Crippen LogP contribution is -2.50. The molecule has 1 unspecified atom stereocenters. The van der Waals surface area contributed by atoms with Gasteiger partial charge >= 0.3 is 6.09 Å². The first-order valence-electron chi connectivity index (χ1n) is 9.17. The summed E-state index contributed by atoms with van der Waals surface area (Å²) in [5.41, 5.74) is 1.93. The van der Waals surface area contributed by atoms with E-state index in [4.69, 9.17) is 9.72 Å². The number of fused-ring (bicyclic) bond motifs is 1. The number of carbonyl (C=O) groups excluding carboxylic acids is 1. The zero-order valence-electron chi connectivity index (χ0n) is 15.7. The molecular weight excluding hydrogens is 318 g/mol. The van der Waals surface area contributed by atoms with Crippen LogP contribution in [0, 0.1) is 0 Å². The molecule has 25 heavy (non-hydrogen) atoms. The number of carbonyl (C=O) groups is 1. The molecule has 1 aromatic rings. The number of ether oxygens (including phenoxy) is 1. The third kappa shape index (κ3) is 4.21. The first-order valence-corrected chi connectivity index (χ1v) is 9.17. The minimum Gasteiger partial charge on any atom is -0.444 e. The van der Waals surface area contributed by atoms with E-state index in [-0.39, 0.29) is 6.09 Å². The molecule has 1 amide bonds. The van der Waals surface area contributed by atoms with Crippen LogP contribution in [0.1, 0.15) is 51.3 Å². The van der Waals surface area contributed by atoms with Crippen molar-refractivity contribution in [3.8, 4) is 0 Å². The van der Waals surface area contributed by atoms with Crippen molar-refractivity contribution in [3.05, 3.63) is 17.5 Å². The molecule has 1 saturated heterocycles. The van der Waals surface area contributed by atoms with Crippen LogP contribution in [0.25, 0.3) is 0 Å². The van der Waals surface area contributed by atoms with Gasteiger partial charge in [0.25, 0.3) is 0 Å². The first kappa shape index (κ1) is 17.9. The highest BCUT2D eigenvalue weighted by Crippen LogP contribution is 2.26. The lowest BCUT2D eigenvalue weighted by Gasteiger charge is -2.36. The largest absolute Gasteiger partial charge is 0.444 e. The maximum atomic E-state index is 12.2. The van der Waals surface area contributed by atoms with Gasteiger partial charge in [-0.2, -0.15) is 0 Å². The predicted octanol–water partition coefficient (Wildman–Crippen LogP) is 2.13. The number of anilines is 1. The summed E-state index contributed by atoms with van der Waals surface area (Å²) in [5, 5.41) is 3.43. The molecule has 7 nitrogen and oxygen atoms in total. The van der Waals surface area contributed by atoms with E-state index in [9.17, 15) is 4.79 Å². The zero-order chi connectivity index (χ0) is 18.0. The van der Waals surface area contributed by atoms with Gasteiger partial charge < -0.3 is 19.9 Å². The van der Waals surface area contributed by atoms with E-state index in [1.807, 2.05) is 27.0 Å². The SMILES string of the molecule is CCC1CNCc2cnc(N3CCN(C(=O)OC(C)(C)C)CC3)nc21. The molecule has 3 rings (SSSR count). The van der Waals surface area contributed by atoms with E-state index < -0.39 is 5.60 Å². The normalized spacial score (nSPS) is 21.0. The maximum Gasteiger partial charge on any atom is 0.410 e. The van der Waals surface area contributed by atoms with E-state index >= 15 is 0 Å². The van der Waals surface area contributed by atoms with Crippen molar-refractivity contribution in [2.45, 2.75) is 52.2 Å². The quantitative estimate of drug-likeness (QED) is 0.884. The lowest BCUT2D eigenvalue weighted by atomic mass is 9.95. The molecule has 0 bridgehead atoms. The predicted molar refractivity (Wildman–Crippen MR) is 96.8 cm³/mol. The number of hydrogen-bond acceptors (Lipinski definition) is 6. The van der Waals surface area contributed by atoms with E-state index in [0.29, 0.717) is 19.0 Å². The summed E-state index contributed by atoms with van der Waals surface area (Å²) >= 11 is 0. The zero-order valence-corrected chi connectivity index (χ0v) is 15.7. The fourth-order valence-electron chi connectivity index (χ4n) is 3.28. The second kappa shape index (κ2) is 7.15. The Morgan fingerprint density at radius 3 is 2.68 bits per heavy atom. The topological polar surface area (TPSA) is 70.6 Å². The molecule has 0 spiro atoms. The molecule has 1 aromatic heterocycles. The second-order valence-electron chi connectivity index (χ2n) is 7.77. The number of rotatable bonds is 2. The van der Waals surface area contributed by atoms with Gasteiger partial charge in [-0.05, 0) is 27.2 Å². The minimum absolute atomic E-state index is 0.240. The van der Waals surface area contributed by atoms with Crippen LogP contribution in [0.5, 0.6) is 0 Å². The summed E-state index contributed by atoms with van der Waals surface area (Å²) < 4.78 is 5.45. The number of amides is 1. The van der Waals surface area contributed by atoms with Gasteiger partial charge in [0.05, 0.1) is 5.69 Å². The fraction of sp³-hybridized carbons (Fsp3) is 0.722. The number of piperazine rings is 1. The molecule has 2 aliphatic heterocycles. The molecule has 1 fully saturated rings. The van der Waals surface area contributed by atoms with Crippen molar-refractivity contribution in [2.75, 3.05) is 37.6 Å². The Morgan fingerprint density at radius 1 is 1.32 bits per heavy atom. The van der Waals surface area contributed by atoms with Gasteiger partial charge in [0, 0.05) is 56.9 Å². The van der Waals surface area contributed by atoms with Crippen molar-refractivity contribution in [2.24, 2.45) is 0 Å². The molecule has 2 aliphatic rings. The Hall–Kier alpha value is -1.89. The number of aromatic nitrogens is 2. The second-order valence-corrected chi connectivity index (χ2v) is 7.77. The molecule has 0 aromatic carbocycles. The fourth-order valence-corrected chi connectivity index (χ4v) is 3.28. The number of nitrogens with one attached hydrogen (secondary N) is 1. The van der Waals surface area contributed by atoms with Crippen molar-refractivity contribution >= 4 is 12.0 Å². The maximum absolute atomic E-state index is 12.2. The van der Waals surface area contributed by atoms with Crippen molar-refractivity contribution in [1.82, 2.24) is 20.2 Å². The molecule has 1 N–H and O–H groups in total. The van der Waals surface area contributed by atoms with Crippen LogP contribution in [-0.4, -0.2) is 59.3 Å². The molecule has 138 valence electrons. The van der Waals surface area contributed by atoms with E-state index in [1.165, 1.54) is 11.3 Å². The Bertz CT molecular complexity index is 620. The van der Waals surface area contributed by atoms with Gasteiger partial charge in [-0.3, -0.25) is 0 Å². The van der Waals surface area contributed by atoms with Crippen LogP contribution in [0.3, 0.4) is 0 Å². The van der Waals surface area contributed by atoms with Crippen LogP contribution >= 0.6 is 0 Å². The Kier molecular flexibility index (Phi) is 5.13. The van der Waals surface area contributed by atoms with E-state index in [1.54, 1.807) is 4.90 Å². The highest BCUT2D eigenvalue weighted by atomic mass is 16.6. The minimum atomic E-state index is -0.459. The third-order valence-corrected chi connectivity index (χ3v) is 4.69. The summed E-state index contributed by atoms with van der Waals surface area (Å²) in [5.74, 6) is 1.23. The van der Waals surface area contributed by atoms with E-state index in [0.717, 1.165) is 38.5 Å². The molecule has 3 heterocycles. The van der Waals surface area contributed by atoms with Crippen molar-refractivity contribution in [1.29, 1.82) is 0 Å². The van der Waals surface area contributed by atoms with Crippen LogP contribution < -0.4 is 10.2 Å². The van der Waals surface area contributed by atoms with E-state index in [2.05, 4.69) is 22.1 Å². The molecule has 1 atom stereocenters. The van der Waals surface area contributed by atoms with Crippen LogP contribution in [-0.2, 0) is 11.3 Å². The number of nitrogens with zero attached hydrogens (tertiary/aromatic N) is 4. The van der Waals surface area contributed by atoms with Gasteiger partial charge in [0.1, 0.15) is 5.60 Å². The van der Waals surface area contributed by atoms with Crippen molar-refractivity contribution < 1.29 is 9.53 Å². The molecule has 0 aliphatic carbocycles. The van der Waals surface area contributed by atoms with Gasteiger partial charge in [-0.15, -0.1) is 0 Å². The van der Waals surface area contributed by atoms with Gasteiger partial charge in [0.15, 0.2) is 0 Å². The standard InChI is InChI=1S/C18H29N5O2/c1-5-13-10-19-11-14-12-20-16(21-15(13)14)22-6-8-23(9-7-22)17(24)25-18(2,3)4/h12-13,19H,5-11H2,1-4H3. The van der Waals surface area contributed by atoms with Crippen LogP contribution in [0.4, 0.5) is 10.7 Å². The Balaban J connectivity index is 1.64. The third-order valence-electron chi connectivity index (χ3n) is 4.69. The average molecular weight is 347 g/mol. The Labute approximate surface area is 149 Å². The average Bonchev–Trinajstić information content (AvgIpc) is 2.59. The van der Waals surface area contributed by atoms with Gasteiger partial charge in [-0.25, -0.2) is 14.8 Å². The molecular formula is C18H29N5O2. The van der Waals surface area contributed by atoms with Gasteiger partial charge in [-0.1, -0.05) is 6.92 Å². The number of hydrogen-bond donors (Lipinski definition) is 1. The summed E-state index contributed by atoms with van der Waals surface area (Å²) in [6.07, 6.45) is 2.78. The molecule has 7 heteroatoms. The van der Waals surface area contributed by atoms with Crippen molar-refractivity contribution in [3.63, 3.8) is 0 Å².